The molecule has 0 saturated carbocycles. The molecule has 2 aliphatic heterocycles. The van der Waals surface area contributed by atoms with E-state index in [4.69, 9.17) is 10.5 Å². The van der Waals surface area contributed by atoms with Gasteiger partial charge in [-0.15, -0.1) is 0 Å². The van der Waals surface area contributed by atoms with Gasteiger partial charge < -0.3 is 25.4 Å². The lowest BCUT2D eigenvalue weighted by Gasteiger charge is -2.30. The normalized spacial score (nSPS) is 19.5. The van der Waals surface area contributed by atoms with Crippen molar-refractivity contribution in [3.05, 3.63) is 35.8 Å². The lowest BCUT2D eigenvalue weighted by Crippen LogP contribution is -2.42. The lowest BCUT2D eigenvalue weighted by atomic mass is 10.1. The van der Waals surface area contributed by atoms with Crippen LogP contribution in [-0.4, -0.2) is 99.7 Å². The molecule has 12 nitrogen and oxygen atoms in total. The molecule has 0 radical (unpaired) electrons. The van der Waals surface area contributed by atoms with Crippen molar-refractivity contribution in [1.29, 1.82) is 0 Å². The highest BCUT2D eigenvalue weighted by atomic mass is 19.4. The van der Waals surface area contributed by atoms with Crippen LogP contribution < -0.4 is 15.8 Å². The first kappa shape index (κ1) is 27.4. The van der Waals surface area contributed by atoms with Crippen LogP contribution in [0.4, 0.5) is 28.2 Å². The fourth-order valence-electron chi connectivity index (χ4n) is 4.70. The summed E-state index contributed by atoms with van der Waals surface area (Å²) in [5, 5.41) is 6.82. The van der Waals surface area contributed by atoms with Gasteiger partial charge in [0.25, 0.3) is 5.91 Å². The maximum absolute atomic E-state index is 14.7. The molecule has 5 rings (SSSR count). The molecule has 2 saturated heterocycles. The van der Waals surface area contributed by atoms with Gasteiger partial charge in [-0.25, -0.2) is 23.7 Å². The van der Waals surface area contributed by atoms with Crippen molar-refractivity contribution in [1.82, 2.24) is 34.7 Å². The van der Waals surface area contributed by atoms with Gasteiger partial charge >= 0.3 is 12.3 Å². The van der Waals surface area contributed by atoms with Crippen LogP contribution in [-0.2, 0) is 11.3 Å². The number of carbonyl (C=O) groups excluding carboxylic acids is 2. The predicted octanol–water partition coefficient (Wildman–Crippen LogP) is 2.04. The first-order valence-electron chi connectivity index (χ1n) is 12.4. The van der Waals surface area contributed by atoms with E-state index >= 15 is 0 Å². The SMILES string of the molecule is COc1ncc(-c2cc(CN3CCC3)c3c(N)ncnn23)cc1C(=O)NC1CN(C(=O)OCC(F)(F)F)CC1F. The number of ether oxygens (including phenoxy) is 2. The van der Waals surface area contributed by atoms with Crippen molar-refractivity contribution >= 4 is 23.3 Å². The molecule has 2 aliphatic rings. The number of nitrogens with one attached hydrogen (secondary N) is 1. The van der Waals surface area contributed by atoms with Crippen molar-refractivity contribution in [2.24, 2.45) is 0 Å². The van der Waals surface area contributed by atoms with Gasteiger partial charge in [0.15, 0.2) is 12.4 Å². The summed E-state index contributed by atoms with van der Waals surface area (Å²) in [6.07, 6.45) is -3.85. The van der Waals surface area contributed by atoms with Crippen LogP contribution in [0.3, 0.4) is 0 Å². The summed E-state index contributed by atoms with van der Waals surface area (Å²) >= 11 is 0. The van der Waals surface area contributed by atoms with Crippen LogP contribution in [0.1, 0.15) is 22.3 Å². The highest BCUT2D eigenvalue weighted by molar-refractivity contribution is 5.98. The molecule has 3 aromatic rings. The zero-order chi connectivity index (χ0) is 28.6. The smallest absolute Gasteiger partial charge is 0.422 e. The van der Waals surface area contributed by atoms with E-state index in [1.807, 2.05) is 6.07 Å². The van der Waals surface area contributed by atoms with Crippen molar-refractivity contribution in [2.75, 3.05) is 45.6 Å². The number of hydrogen-bond donors (Lipinski definition) is 2. The largest absolute Gasteiger partial charge is 0.480 e. The molecule has 40 heavy (non-hydrogen) atoms. The maximum atomic E-state index is 14.7. The van der Waals surface area contributed by atoms with Crippen molar-refractivity contribution in [3.63, 3.8) is 0 Å². The van der Waals surface area contributed by atoms with Gasteiger partial charge in [0.1, 0.15) is 23.6 Å². The fraction of sp³-hybridized carbons (Fsp3) is 0.458. The van der Waals surface area contributed by atoms with Gasteiger partial charge in [-0.1, -0.05) is 0 Å². The van der Waals surface area contributed by atoms with E-state index in [1.165, 1.54) is 25.7 Å². The number of pyridine rings is 1. The quantitative estimate of drug-likeness (QED) is 0.411. The van der Waals surface area contributed by atoms with Crippen LogP contribution in [0.25, 0.3) is 16.8 Å². The summed E-state index contributed by atoms with van der Waals surface area (Å²) in [4.78, 5) is 36.5. The van der Waals surface area contributed by atoms with Crippen LogP contribution in [0.2, 0.25) is 0 Å². The maximum Gasteiger partial charge on any atom is 0.422 e. The van der Waals surface area contributed by atoms with E-state index < -0.39 is 43.5 Å². The Morgan fingerprint density at radius 3 is 2.65 bits per heavy atom. The van der Waals surface area contributed by atoms with E-state index in [0.717, 1.165) is 30.0 Å². The monoisotopic (exact) mass is 566 g/mol. The number of carbonyl (C=O) groups is 2. The number of methoxy groups -OCH3 is 1. The first-order chi connectivity index (χ1) is 19.0. The highest BCUT2D eigenvalue weighted by Crippen LogP contribution is 2.31. The summed E-state index contributed by atoms with van der Waals surface area (Å²) in [6, 6.07) is 2.21. The number of halogens is 4. The Balaban J connectivity index is 1.38. The van der Waals surface area contributed by atoms with E-state index in [9.17, 15) is 27.2 Å². The molecule has 2 amide bonds. The minimum Gasteiger partial charge on any atom is -0.480 e. The van der Waals surface area contributed by atoms with Gasteiger partial charge in [-0.3, -0.25) is 9.69 Å². The number of nitrogen functional groups attached to an aromatic ring is 1. The zero-order valence-electron chi connectivity index (χ0n) is 21.3. The van der Waals surface area contributed by atoms with Crippen LogP contribution >= 0.6 is 0 Å². The molecule has 2 atom stereocenters. The molecule has 214 valence electrons. The standard InChI is InChI=1S/C24H26F4N8O4/c1-39-22-15(21(37)33-17-10-35(9-16(17)25)23(38)40-11-24(26,27)28)5-13(7-30-22)18-6-14(8-34-3-2-4-34)19-20(29)31-12-32-36(18)19/h5-7,12,16-17H,2-4,8-11H2,1H3,(H,33,37)(H2,29,31,32). The number of fused-ring (bicyclic) bond motifs is 1. The van der Waals surface area contributed by atoms with E-state index in [1.54, 1.807) is 4.52 Å². The van der Waals surface area contributed by atoms with Crippen molar-refractivity contribution in [2.45, 2.75) is 31.4 Å². The third-order valence-corrected chi connectivity index (χ3v) is 6.77. The highest BCUT2D eigenvalue weighted by Gasteiger charge is 2.39. The zero-order valence-corrected chi connectivity index (χ0v) is 21.3. The number of alkyl halides is 4. The second-order valence-corrected chi connectivity index (χ2v) is 9.54. The first-order valence-corrected chi connectivity index (χ1v) is 12.4. The van der Waals surface area contributed by atoms with Gasteiger partial charge in [0, 0.05) is 24.8 Å². The summed E-state index contributed by atoms with van der Waals surface area (Å²) in [7, 11) is 1.32. The van der Waals surface area contributed by atoms with Crippen LogP contribution in [0, 0.1) is 0 Å². The number of aromatic nitrogens is 4. The Morgan fingerprint density at radius 2 is 1.98 bits per heavy atom. The fourth-order valence-corrected chi connectivity index (χ4v) is 4.70. The molecule has 0 aliphatic carbocycles. The third kappa shape index (κ3) is 5.57. The Kier molecular flexibility index (Phi) is 7.35. The number of nitrogens with zero attached hydrogens (tertiary/aromatic N) is 6. The van der Waals surface area contributed by atoms with Crippen LogP contribution in [0.5, 0.6) is 5.88 Å². The number of amides is 2. The Hall–Kier alpha value is -4.21. The van der Waals surface area contributed by atoms with Gasteiger partial charge in [0.2, 0.25) is 5.88 Å². The number of hydrogen-bond acceptors (Lipinski definition) is 9. The lowest BCUT2D eigenvalue weighted by molar-refractivity contribution is -0.162. The second kappa shape index (κ2) is 10.7. The molecule has 16 heteroatoms. The third-order valence-electron chi connectivity index (χ3n) is 6.77. The number of nitrogens with two attached hydrogens (primary N) is 1. The van der Waals surface area contributed by atoms with Gasteiger partial charge in [0.05, 0.1) is 25.4 Å². The van der Waals surface area contributed by atoms with Gasteiger partial charge in [-0.05, 0) is 37.2 Å². The molecular weight excluding hydrogens is 540 g/mol. The van der Waals surface area contributed by atoms with Gasteiger partial charge in [-0.2, -0.15) is 18.3 Å². The average Bonchev–Trinajstić information content (AvgIpc) is 3.45. The molecule has 5 heterocycles. The molecule has 2 unspecified atom stereocenters. The van der Waals surface area contributed by atoms with Crippen LogP contribution in [0.15, 0.2) is 24.7 Å². The molecule has 0 bridgehead atoms. The van der Waals surface area contributed by atoms with Crippen molar-refractivity contribution < 1.29 is 36.6 Å². The molecule has 0 spiro atoms. The average molecular weight is 567 g/mol. The topological polar surface area (TPSA) is 140 Å². The molecule has 2 fully saturated rings. The minimum absolute atomic E-state index is 0.0217. The summed E-state index contributed by atoms with van der Waals surface area (Å²) < 4.78 is 62.8. The van der Waals surface area contributed by atoms with E-state index in [2.05, 4.69) is 30.0 Å². The molecular formula is C24H26F4N8O4. The Morgan fingerprint density at radius 1 is 1.20 bits per heavy atom. The Bertz CT molecular complexity index is 1430. The second-order valence-electron chi connectivity index (χ2n) is 9.54. The van der Waals surface area contributed by atoms with Crippen molar-refractivity contribution in [3.8, 4) is 17.1 Å². The summed E-state index contributed by atoms with van der Waals surface area (Å²) in [5.74, 6) is -0.489. The number of anilines is 1. The predicted molar refractivity (Wildman–Crippen MR) is 132 cm³/mol. The van der Waals surface area contributed by atoms with E-state index in [-0.39, 0.29) is 18.0 Å². The minimum atomic E-state index is -4.72. The molecule has 3 N–H and O–H groups in total. The summed E-state index contributed by atoms with van der Waals surface area (Å²) in [6.45, 7) is -0.144. The number of likely N-dealkylation sites (tertiary alicyclic amines) is 2. The number of rotatable bonds is 7. The van der Waals surface area contributed by atoms with E-state index in [0.29, 0.717) is 29.1 Å². The Labute approximate surface area is 225 Å². The molecule has 3 aromatic heterocycles. The summed E-state index contributed by atoms with van der Waals surface area (Å²) in [5.41, 5.74) is 8.76. The molecule has 0 aromatic carbocycles.